The van der Waals surface area contributed by atoms with Gasteiger partial charge in [-0.25, -0.2) is 4.79 Å². The van der Waals surface area contributed by atoms with Crippen LogP contribution in [0, 0.1) is 5.92 Å². The van der Waals surface area contributed by atoms with Crippen molar-refractivity contribution in [1.29, 1.82) is 0 Å². The van der Waals surface area contributed by atoms with Crippen LogP contribution in [0.25, 0.3) is 0 Å². The number of benzene rings is 2. The van der Waals surface area contributed by atoms with Gasteiger partial charge < -0.3 is 4.84 Å². The van der Waals surface area contributed by atoms with E-state index < -0.39 is 17.7 Å². The number of alkyl halides is 3. The Morgan fingerprint density at radius 2 is 1.54 bits per heavy atom. The van der Waals surface area contributed by atoms with Crippen molar-refractivity contribution in [3.05, 3.63) is 71.3 Å². The lowest BCUT2D eigenvalue weighted by atomic mass is 10.0. The SMILES string of the molecule is CC(C)/C(=N\OC(=O)c1ccc(C(F)(F)F)cc1)c1ccccc1. The Morgan fingerprint density at radius 3 is 2.04 bits per heavy atom. The molecule has 0 fully saturated rings. The monoisotopic (exact) mass is 335 g/mol. The number of halogens is 3. The van der Waals surface area contributed by atoms with Crippen LogP contribution in [0.1, 0.15) is 35.3 Å². The van der Waals surface area contributed by atoms with Gasteiger partial charge in [-0.05, 0) is 35.7 Å². The Hall–Kier alpha value is -2.63. The van der Waals surface area contributed by atoms with Gasteiger partial charge in [-0.1, -0.05) is 49.3 Å². The highest BCUT2D eigenvalue weighted by atomic mass is 19.4. The fourth-order valence-electron chi connectivity index (χ4n) is 2.04. The van der Waals surface area contributed by atoms with Crippen molar-refractivity contribution >= 4 is 11.7 Å². The Bertz CT molecular complexity index is 720. The average Bonchev–Trinajstić information content (AvgIpc) is 2.55. The summed E-state index contributed by atoms with van der Waals surface area (Å²) >= 11 is 0. The van der Waals surface area contributed by atoms with E-state index in [0.29, 0.717) is 5.71 Å². The number of carbonyl (C=O) groups excluding carboxylic acids is 1. The summed E-state index contributed by atoms with van der Waals surface area (Å²) in [6.45, 7) is 3.80. The third-order valence-corrected chi connectivity index (χ3v) is 3.29. The fraction of sp³-hybridized carbons (Fsp3) is 0.222. The quantitative estimate of drug-likeness (QED) is 0.452. The van der Waals surface area contributed by atoms with E-state index in [0.717, 1.165) is 29.8 Å². The molecule has 2 rings (SSSR count). The molecule has 3 nitrogen and oxygen atoms in total. The molecule has 24 heavy (non-hydrogen) atoms. The minimum Gasteiger partial charge on any atom is -0.313 e. The lowest BCUT2D eigenvalue weighted by molar-refractivity contribution is -0.137. The summed E-state index contributed by atoms with van der Waals surface area (Å²) in [5, 5.41) is 3.89. The molecular weight excluding hydrogens is 319 g/mol. The molecule has 0 aliphatic rings. The van der Waals surface area contributed by atoms with Gasteiger partial charge in [-0.3, -0.25) is 0 Å². The van der Waals surface area contributed by atoms with E-state index in [1.807, 2.05) is 44.2 Å². The minimum absolute atomic E-state index is 0.00270. The maximum atomic E-state index is 12.5. The van der Waals surface area contributed by atoms with Crippen LogP contribution in [0.5, 0.6) is 0 Å². The molecule has 0 saturated carbocycles. The van der Waals surface area contributed by atoms with Gasteiger partial charge in [0.1, 0.15) is 0 Å². The van der Waals surface area contributed by atoms with Gasteiger partial charge in [-0.2, -0.15) is 13.2 Å². The van der Waals surface area contributed by atoms with E-state index in [1.54, 1.807) is 0 Å². The zero-order valence-corrected chi connectivity index (χ0v) is 13.2. The fourth-order valence-corrected chi connectivity index (χ4v) is 2.04. The van der Waals surface area contributed by atoms with Gasteiger partial charge in [0.05, 0.1) is 16.8 Å². The topological polar surface area (TPSA) is 38.7 Å². The Balaban J connectivity index is 2.16. The van der Waals surface area contributed by atoms with Crippen LogP contribution >= 0.6 is 0 Å². The lowest BCUT2D eigenvalue weighted by Gasteiger charge is -2.10. The molecule has 0 heterocycles. The zero-order chi connectivity index (χ0) is 17.7. The molecule has 0 radical (unpaired) electrons. The van der Waals surface area contributed by atoms with Crippen molar-refractivity contribution in [3.63, 3.8) is 0 Å². The highest BCUT2D eigenvalue weighted by Crippen LogP contribution is 2.29. The summed E-state index contributed by atoms with van der Waals surface area (Å²) in [7, 11) is 0. The average molecular weight is 335 g/mol. The number of nitrogens with zero attached hydrogens (tertiary/aromatic N) is 1. The van der Waals surface area contributed by atoms with E-state index in [4.69, 9.17) is 4.84 Å². The van der Waals surface area contributed by atoms with Crippen LogP contribution in [0.15, 0.2) is 59.8 Å². The van der Waals surface area contributed by atoms with Crippen LogP contribution < -0.4 is 0 Å². The summed E-state index contributed by atoms with van der Waals surface area (Å²) in [6, 6.07) is 13.0. The molecule has 0 bridgehead atoms. The molecule has 0 amide bonds. The first-order chi connectivity index (χ1) is 11.3. The molecule has 6 heteroatoms. The largest absolute Gasteiger partial charge is 0.416 e. The molecular formula is C18H16F3NO2. The van der Waals surface area contributed by atoms with Gasteiger partial charge in [0.2, 0.25) is 0 Å². The molecule has 0 aliphatic heterocycles. The van der Waals surface area contributed by atoms with Gasteiger partial charge in [0.15, 0.2) is 0 Å². The van der Waals surface area contributed by atoms with Crippen molar-refractivity contribution in [2.45, 2.75) is 20.0 Å². The van der Waals surface area contributed by atoms with E-state index in [2.05, 4.69) is 5.16 Å². The number of hydrogen-bond acceptors (Lipinski definition) is 3. The number of oxime groups is 1. The summed E-state index contributed by atoms with van der Waals surface area (Å²) in [5.74, 6) is -0.800. The molecule has 2 aromatic carbocycles. The summed E-state index contributed by atoms with van der Waals surface area (Å²) in [4.78, 5) is 16.9. The third kappa shape index (κ3) is 4.44. The summed E-state index contributed by atoms with van der Waals surface area (Å²) in [5.41, 5.74) is 0.571. The number of rotatable bonds is 4. The maximum Gasteiger partial charge on any atom is 0.416 e. The molecule has 0 atom stereocenters. The highest BCUT2D eigenvalue weighted by Gasteiger charge is 2.30. The maximum absolute atomic E-state index is 12.5. The van der Waals surface area contributed by atoms with Crippen molar-refractivity contribution in [2.75, 3.05) is 0 Å². The first kappa shape index (κ1) is 17.7. The molecule has 0 unspecified atom stereocenters. The van der Waals surface area contributed by atoms with E-state index in [9.17, 15) is 18.0 Å². The van der Waals surface area contributed by atoms with Crippen molar-refractivity contribution in [3.8, 4) is 0 Å². The second-order valence-electron chi connectivity index (χ2n) is 5.45. The molecule has 126 valence electrons. The van der Waals surface area contributed by atoms with Gasteiger partial charge in [0, 0.05) is 0 Å². The molecule has 0 saturated heterocycles. The highest BCUT2D eigenvalue weighted by molar-refractivity contribution is 6.02. The van der Waals surface area contributed by atoms with Crippen molar-refractivity contribution in [1.82, 2.24) is 0 Å². The number of hydrogen-bond donors (Lipinski definition) is 0. The van der Waals surface area contributed by atoms with Crippen LogP contribution in [-0.4, -0.2) is 11.7 Å². The minimum atomic E-state index is -4.45. The summed E-state index contributed by atoms with van der Waals surface area (Å²) in [6.07, 6.45) is -4.45. The second kappa shape index (κ2) is 7.29. The first-order valence-corrected chi connectivity index (χ1v) is 7.31. The molecule has 0 spiro atoms. The van der Waals surface area contributed by atoms with Gasteiger partial charge in [0.25, 0.3) is 0 Å². The third-order valence-electron chi connectivity index (χ3n) is 3.29. The Morgan fingerprint density at radius 1 is 0.958 bits per heavy atom. The van der Waals surface area contributed by atoms with Gasteiger partial charge >= 0.3 is 12.1 Å². The molecule has 2 aromatic rings. The standard InChI is InChI=1S/C18H16F3NO2/c1-12(2)16(13-6-4-3-5-7-13)22-24-17(23)14-8-10-15(11-9-14)18(19,20)21/h3-12H,1-2H3/b22-16+. The van der Waals surface area contributed by atoms with E-state index in [-0.39, 0.29) is 11.5 Å². The van der Waals surface area contributed by atoms with Crippen LogP contribution in [-0.2, 0) is 11.0 Å². The van der Waals surface area contributed by atoms with Crippen molar-refractivity contribution < 1.29 is 22.8 Å². The normalized spacial score (nSPS) is 12.3. The van der Waals surface area contributed by atoms with Crippen LogP contribution in [0.2, 0.25) is 0 Å². The first-order valence-electron chi connectivity index (χ1n) is 7.31. The lowest BCUT2D eigenvalue weighted by Crippen LogP contribution is -2.12. The molecule has 0 N–H and O–H groups in total. The van der Waals surface area contributed by atoms with E-state index in [1.165, 1.54) is 0 Å². The summed E-state index contributed by atoms with van der Waals surface area (Å²) < 4.78 is 37.5. The van der Waals surface area contributed by atoms with E-state index >= 15 is 0 Å². The molecule has 0 aromatic heterocycles. The number of carbonyl (C=O) groups is 1. The predicted octanol–water partition coefficient (Wildman–Crippen LogP) is 4.92. The Kier molecular flexibility index (Phi) is 5.39. The van der Waals surface area contributed by atoms with Gasteiger partial charge in [-0.15, -0.1) is 0 Å². The Labute approximate surface area is 137 Å². The smallest absolute Gasteiger partial charge is 0.313 e. The van der Waals surface area contributed by atoms with Crippen LogP contribution in [0.3, 0.4) is 0 Å². The molecule has 0 aliphatic carbocycles. The predicted molar refractivity (Wildman–Crippen MR) is 84.7 cm³/mol. The van der Waals surface area contributed by atoms with Crippen LogP contribution in [0.4, 0.5) is 13.2 Å². The zero-order valence-electron chi connectivity index (χ0n) is 13.2. The second-order valence-corrected chi connectivity index (χ2v) is 5.45. The van der Waals surface area contributed by atoms with Crippen molar-refractivity contribution in [2.24, 2.45) is 11.1 Å².